The topological polar surface area (TPSA) is 98.4 Å². The minimum Gasteiger partial charge on any atom is -0.490 e. The number of ether oxygens (including phenoxy) is 1. The summed E-state index contributed by atoms with van der Waals surface area (Å²) < 4.78 is 5.72. The average Bonchev–Trinajstić information content (AvgIpc) is 3.41. The lowest BCUT2D eigenvalue weighted by Gasteiger charge is -2.18. The number of aliphatic hydroxyl groups is 2. The van der Waals surface area contributed by atoms with Crippen molar-refractivity contribution >= 4 is 11.3 Å². The van der Waals surface area contributed by atoms with E-state index in [1.165, 1.54) is 5.56 Å². The molecule has 1 aliphatic rings. The summed E-state index contributed by atoms with van der Waals surface area (Å²) in [5.41, 5.74) is 4.94. The summed E-state index contributed by atoms with van der Waals surface area (Å²) in [6.07, 6.45) is 2.73. The van der Waals surface area contributed by atoms with Crippen molar-refractivity contribution in [2.24, 2.45) is 0 Å². The maximum Gasteiger partial charge on any atom is 0.137 e. The third kappa shape index (κ3) is 4.48. The first-order valence-electron chi connectivity index (χ1n) is 10.3. The zero-order chi connectivity index (χ0) is 22.0. The van der Waals surface area contributed by atoms with Gasteiger partial charge in [-0.1, -0.05) is 18.2 Å². The third-order valence-electron chi connectivity index (χ3n) is 5.32. The molecule has 4 rings (SSSR count). The molecule has 2 unspecified atom stereocenters. The Hall–Kier alpha value is -2.76. The molecule has 1 aromatic heterocycles. The van der Waals surface area contributed by atoms with Crippen LogP contribution in [0, 0.1) is 11.3 Å². The Morgan fingerprint density at radius 1 is 1.32 bits per heavy atom. The first-order valence-corrected chi connectivity index (χ1v) is 11.2. The number of nitrogens with zero attached hydrogens (tertiary/aromatic N) is 2. The Balaban J connectivity index is 1.63. The van der Waals surface area contributed by atoms with Crippen molar-refractivity contribution in [3.8, 4) is 32.8 Å². The number of benzene rings is 2. The highest BCUT2D eigenvalue weighted by Gasteiger charge is 2.26. The van der Waals surface area contributed by atoms with Crippen LogP contribution in [0.15, 0.2) is 42.6 Å². The number of aliphatic hydroxyl groups excluding tert-OH is 2. The molecule has 0 bridgehead atoms. The molecule has 3 aromatic rings. The maximum atomic E-state index is 9.77. The Labute approximate surface area is 185 Å². The Morgan fingerprint density at radius 3 is 2.90 bits per heavy atom. The van der Waals surface area contributed by atoms with E-state index >= 15 is 0 Å². The Morgan fingerprint density at radius 2 is 2.16 bits per heavy atom. The van der Waals surface area contributed by atoms with E-state index in [1.807, 2.05) is 44.3 Å². The molecule has 6 nitrogen and oxygen atoms in total. The normalized spacial score (nSPS) is 16.2. The van der Waals surface area contributed by atoms with Crippen molar-refractivity contribution in [2.75, 3.05) is 6.61 Å². The number of nitrogens with one attached hydrogen (secondary N) is 1. The van der Waals surface area contributed by atoms with Gasteiger partial charge in [-0.3, -0.25) is 5.32 Å². The van der Waals surface area contributed by atoms with Gasteiger partial charge < -0.3 is 14.9 Å². The number of hydrogen-bond donors (Lipinski definition) is 3. The van der Waals surface area contributed by atoms with Gasteiger partial charge in [-0.05, 0) is 61.6 Å². The van der Waals surface area contributed by atoms with Gasteiger partial charge in [0.15, 0.2) is 0 Å². The zero-order valence-corrected chi connectivity index (χ0v) is 18.3. The summed E-state index contributed by atoms with van der Waals surface area (Å²) in [7, 11) is 0. The highest BCUT2D eigenvalue weighted by Crippen LogP contribution is 2.41. The van der Waals surface area contributed by atoms with E-state index in [1.54, 1.807) is 11.3 Å². The fourth-order valence-corrected chi connectivity index (χ4v) is 4.95. The highest BCUT2D eigenvalue weighted by atomic mass is 32.1. The van der Waals surface area contributed by atoms with Gasteiger partial charge in [-0.2, -0.15) is 5.26 Å². The zero-order valence-electron chi connectivity index (χ0n) is 17.5. The molecule has 0 saturated carbocycles. The molecule has 1 heterocycles. The van der Waals surface area contributed by atoms with Gasteiger partial charge in [0.25, 0.3) is 0 Å². The van der Waals surface area contributed by atoms with Crippen LogP contribution in [0.1, 0.15) is 43.0 Å². The van der Waals surface area contributed by atoms with Crippen LogP contribution in [0.5, 0.6) is 5.75 Å². The molecule has 0 saturated heterocycles. The third-order valence-corrected chi connectivity index (χ3v) is 6.40. The van der Waals surface area contributed by atoms with Gasteiger partial charge in [-0.25, -0.2) is 4.98 Å². The quantitative estimate of drug-likeness (QED) is 0.485. The minimum absolute atomic E-state index is 0.00129. The summed E-state index contributed by atoms with van der Waals surface area (Å²) >= 11 is 1.59. The van der Waals surface area contributed by atoms with Crippen molar-refractivity contribution in [2.45, 2.75) is 45.1 Å². The first-order chi connectivity index (χ1) is 15.0. The second-order valence-electron chi connectivity index (χ2n) is 7.85. The lowest BCUT2D eigenvalue weighted by molar-refractivity contribution is 0.0577. The van der Waals surface area contributed by atoms with Crippen LogP contribution in [-0.4, -0.2) is 34.1 Å². The van der Waals surface area contributed by atoms with E-state index in [0.29, 0.717) is 11.3 Å². The van der Waals surface area contributed by atoms with Crippen LogP contribution in [0.4, 0.5) is 0 Å². The van der Waals surface area contributed by atoms with Crippen LogP contribution in [0.3, 0.4) is 0 Å². The molecular formula is C24H25N3O3S. The number of thiazole rings is 1. The molecule has 2 aromatic carbocycles. The number of nitriles is 1. The van der Waals surface area contributed by atoms with E-state index < -0.39 is 6.23 Å². The lowest BCUT2D eigenvalue weighted by Crippen LogP contribution is -2.34. The van der Waals surface area contributed by atoms with Gasteiger partial charge in [-0.15, -0.1) is 11.3 Å². The second-order valence-corrected chi connectivity index (χ2v) is 8.88. The van der Waals surface area contributed by atoms with Gasteiger partial charge in [0, 0.05) is 17.8 Å². The van der Waals surface area contributed by atoms with Crippen LogP contribution >= 0.6 is 11.3 Å². The van der Waals surface area contributed by atoms with Crippen molar-refractivity contribution in [1.29, 1.82) is 5.26 Å². The van der Waals surface area contributed by atoms with E-state index in [-0.39, 0.29) is 18.8 Å². The fourth-order valence-electron chi connectivity index (χ4n) is 3.98. The van der Waals surface area contributed by atoms with Gasteiger partial charge >= 0.3 is 0 Å². The monoisotopic (exact) mass is 435 g/mol. The number of hydrogen-bond acceptors (Lipinski definition) is 7. The van der Waals surface area contributed by atoms with Crippen molar-refractivity contribution in [3.05, 3.63) is 59.3 Å². The molecule has 0 spiro atoms. The predicted molar refractivity (Wildman–Crippen MR) is 121 cm³/mol. The fraction of sp³-hybridized carbons (Fsp3) is 0.333. The van der Waals surface area contributed by atoms with E-state index in [2.05, 4.69) is 28.5 Å². The Bertz CT molecular complexity index is 1120. The van der Waals surface area contributed by atoms with Crippen molar-refractivity contribution in [3.63, 3.8) is 0 Å². The second kappa shape index (κ2) is 9.16. The van der Waals surface area contributed by atoms with Crippen molar-refractivity contribution < 1.29 is 14.9 Å². The van der Waals surface area contributed by atoms with Crippen LogP contribution in [0.2, 0.25) is 0 Å². The minimum atomic E-state index is -0.924. The average molecular weight is 436 g/mol. The van der Waals surface area contributed by atoms with Crippen molar-refractivity contribution in [1.82, 2.24) is 10.3 Å². The molecule has 160 valence electrons. The van der Waals surface area contributed by atoms with Gasteiger partial charge in [0.1, 0.15) is 23.1 Å². The molecular weight excluding hydrogens is 410 g/mol. The number of fused-ring (bicyclic) bond motifs is 1. The lowest BCUT2D eigenvalue weighted by atomic mass is 10.0. The van der Waals surface area contributed by atoms with E-state index in [0.717, 1.165) is 39.4 Å². The summed E-state index contributed by atoms with van der Waals surface area (Å²) in [6.45, 7) is 3.56. The number of rotatable bonds is 7. The van der Waals surface area contributed by atoms with E-state index in [4.69, 9.17) is 9.84 Å². The smallest absolute Gasteiger partial charge is 0.137 e. The molecule has 0 fully saturated rings. The molecule has 31 heavy (non-hydrogen) atoms. The predicted octanol–water partition coefficient (Wildman–Crippen LogP) is 4.02. The molecule has 1 aliphatic carbocycles. The molecule has 3 N–H and O–H groups in total. The largest absolute Gasteiger partial charge is 0.490 e. The summed E-state index contributed by atoms with van der Waals surface area (Å²) in [4.78, 5) is 5.68. The summed E-state index contributed by atoms with van der Waals surface area (Å²) in [5, 5.41) is 32.3. The SMILES string of the molecule is CC(C)Oc1ccc(-c2ncc(-c3cccc4c3CCC4NC(O)CO)s2)cc1C#N. The first kappa shape index (κ1) is 21.5. The van der Waals surface area contributed by atoms with Gasteiger partial charge in [0.2, 0.25) is 0 Å². The standard InChI is InChI=1S/C24H25N3O3S/c1-14(2)30-21-9-6-15(10-16(21)11-25)24-26-12-22(31-24)19-5-3-4-18-17(19)7-8-20(18)27-23(29)13-28/h3-6,9-10,12,14,20,23,27-29H,7-8,13H2,1-2H3. The molecule has 2 atom stereocenters. The Kier molecular flexibility index (Phi) is 6.35. The summed E-state index contributed by atoms with van der Waals surface area (Å²) in [6, 6.07) is 14.0. The summed E-state index contributed by atoms with van der Waals surface area (Å²) in [5.74, 6) is 0.586. The molecule has 0 radical (unpaired) electrons. The molecule has 0 amide bonds. The maximum absolute atomic E-state index is 9.77. The molecule has 7 heteroatoms. The van der Waals surface area contributed by atoms with E-state index in [9.17, 15) is 10.4 Å². The highest BCUT2D eigenvalue weighted by molar-refractivity contribution is 7.18. The van der Waals surface area contributed by atoms with Crippen LogP contribution in [0.25, 0.3) is 21.0 Å². The number of aromatic nitrogens is 1. The van der Waals surface area contributed by atoms with Crippen LogP contribution in [-0.2, 0) is 6.42 Å². The molecule has 0 aliphatic heterocycles. The van der Waals surface area contributed by atoms with Gasteiger partial charge in [0.05, 0.1) is 23.2 Å². The van der Waals surface area contributed by atoms with Crippen LogP contribution < -0.4 is 10.1 Å².